The molecule has 0 saturated heterocycles. The van der Waals surface area contributed by atoms with Gasteiger partial charge in [-0.15, -0.1) is 11.3 Å². The Morgan fingerprint density at radius 1 is 1.50 bits per heavy atom. The van der Waals surface area contributed by atoms with E-state index >= 15 is 0 Å². The highest BCUT2D eigenvalue weighted by Crippen LogP contribution is 2.33. The Bertz CT molecular complexity index is 313. The van der Waals surface area contributed by atoms with Crippen molar-refractivity contribution < 1.29 is 0 Å². The summed E-state index contributed by atoms with van der Waals surface area (Å²) >= 11 is 7.53. The van der Waals surface area contributed by atoms with Crippen LogP contribution in [0, 0.1) is 0 Å². The number of hydrogen-bond donors (Lipinski definition) is 1. The molecule has 2 rings (SSSR count). The zero-order valence-electron chi connectivity index (χ0n) is 8.24. The minimum Gasteiger partial charge on any atom is -0.362 e. The monoisotopic (exact) mass is 230 g/mol. The highest BCUT2D eigenvalue weighted by atomic mass is 35.5. The van der Waals surface area contributed by atoms with Gasteiger partial charge >= 0.3 is 0 Å². The zero-order chi connectivity index (χ0) is 10.1. The first-order valence-electron chi connectivity index (χ1n) is 4.92. The summed E-state index contributed by atoms with van der Waals surface area (Å²) in [5.74, 6) is 0. The van der Waals surface area contributed by atoms with Gasteiger partial charge in [-0.2, -0.15) is 0 Å². The lowest BCUT2D eigenvalue weighted by molar-refractivity contribution is 0.575. The summed E-state index contributed by atoms with van der Waals surface area (Å²) in [7, 11) is 2.11. The molecule has 2 nitrogen and oxygen atoms in total. The molecule has 2 atom stereocenters. The molecule has 14 heavy (non-hydrogen) atoms. The third kappa shape index (κ3) is 1.90. The normalized spacial score (nSPS) is 26.8. The maximum atomic E-state index is 6.05. The van der Waals surface area contributed by atoms with Crippen LogP contribution in [0.3, 0.4) is 0 Å². The van der Waals surface area contributed by atoms with Gasteiger partial charge in [0.15, 0.2) is 0 Å². The van der Waals surface area contributed by atoms with Gasteiger partial charge in [-0.25, -0.2) is 0 Å². The Balaban J connectivity index is 2.11. The number of rotatable bonds is 2. The minimum absolute atomic E-state index is 0.320. The van der Waals surface area contributed by atoms with Gasteiger partial charge in [-0.05, 0) is 31.4 Å². The van der Waals surface area contributed by atoms with E-state index in [0.717, 1.165) is 10.8 Å². The molecule has 0 bridgehead atoms. The van der Waals surface area contributed by atoms with Gasteiger partial charge < -0.3 is 10.6 Å². The van der Waals surface area contributed by atoms with E-state index in [9.17, 15) is 0 Å². The number of hydrogen-bond acceptors (Lipinski definition) is 3. The summed E-state index contributed by atoms with van der Waals surface area (Å²) in [6, 6.07) is 4.82. The van der Waals surface area contributed by atoms with Gasteiger partial charge in [-0.1, -0.05) is 11.6 Å². The maximum absolute atomic E-state index is 6.05. The third-order valence-electron chi connectivity index (χ3n) is 2.94. The van der Waals surface area contributed by atoms with Crippen LogP contribution in [-0.2, 0) is 0 Å². The molecule has 0 radical (unpaired) electrons. The number of likely N-dealkylation sites (N-methyl/N-ethyl adjacent to an activating group) is 1. The second-order valence-electron chi connectivity index (χ2n) is 3.85. The Labute approximate surface area is 93.7 Å². The topological polar surface area (TPSA) is 29.3 Å². The van der Waals surface area contributed by atoms with Crippen molar-refractivity contribution in [2.45, 2.75) is 31.3 Å². The zero-order valence-corrected chi connectivity index (χ0v) is 9.81. The molecule has 78 valence electrons. The fraction of sp³-hybridized carbons (Fsp3) is 0.600. The van der Waals surface area contributed by atoms with Crippen molar-refractivity contribution >= 4 is 27.9 Å². The molecule has 0 amide bonds. The highest BCUT2D eigenvalue weighted by molar-refractivity contribution is 7.19. The Morgan fingerprint density at radius 2 is 2.29 bits per heavy atom. The van der Waals surface area contributed by atoms with E-state index in [-0.39, 0.29) is 0 Å². The maximum Gasteiger partial charge on any atom is 0.0950 e. The van der Waals surface area contributed by atoms with Crippen molar-refractivity contribution in [2.24, 2.45) is 5.73 Å². The van der Waals surface area contributed by atoms with Crippen molar-refractivity contribution in [1.29, 1.82) is 0 Å². The van der Waals surface area contributed by atoms with E-state index in [1.54, 1.807) is 11.3 Å². The molecular weight excluding hydrogens is 216 g/mol. The van der Waals surface area contributed by atoms with Crippen LogP contribution in [-0.4, -0.2) is 19.1 Å². The molecular formula is C10H15ClN2S. The lowest BCUT2D eigenvalue weighted by Gasteiger charge is -2.28. The minimum atomic E-state index is 0.320. The molecule has 1 heterocycles. The summed E-state index contributed by atoms with van der Waals surface area (Å²) in [6.07, 6.45) is 3.59. The molecule has 1 aliphatic rings. The molecule has 0 spiro atoms. The first-order valence-corrected chi connectivity index (χ1v) is 6.11. The smallest absolute Gasteiger partial charge is 0.0950 e. The van der Waals surface area contributed by atoms with Crippen molar-refractivity contribution in [3.63, 3.8) is 0 Å². The Hall–Kier alpha value is -0.250. The number of thiophene rings is 1. The van der Waals surface area contributed by atoms with Gasteiger partial charge in [0.25, 0.3) is 0 Å². The van der Waals surface area contributed by atoms with Gasteiger partial charge in [0, 0.05) is 19.1 Å². The summed E-state index contributed by atoms with van der Waals surface area (Å²) in [4.78, 5) is 2.27. The summed E-state index contributed by atoms with van der Waals surface area (Å²) in [5.41, 5.74) is 6.05. The van der Waals surface area contributed by atoms with Crippen LogP contribution in [0.15, 0.2) is 12.1 Å². The van der Waals surface area contributed by atoms with E-state index in [2.05, 4.69) is 18.0 Å². The van der Waals surface area contributed by atoms with Crippen LogP contribution >= 0.6 is 22.9 Å². The van der Waals surface area contributed by atoms with Crippen LogP contribution in [0.4, 0.5) is 5.00 Å². The molecule has 2 unspecified atom stereocenters. The van der Waals surface area contributed by atoms with Gasteiger partial charge in [0.1, 0.15) is 0 Å². The second-order valence-corrected chi connectivity index (χ2v) is 5.54. The molecule has 4 heteroatoms. The summed E-state index contributed by atoms with van der Waals surface area (Å²) < 4.78 is 0.846. The van der Waals surface area contributed by atoms with Crippen molar-refractivity contribution in [1.82, 2.24) is 0 Å². The SMILES string of the molecule is CN(c1ccc(Cl)s1)C1CCCC1N. The van der Waals surface area contributed by atoms with Crippen LogP contribution in [0.5, 0.6) is 0 Å². The van der Waals surface area contributed by atoms with E-state index in [0.29, 0.717) is 12.1 Å². The Morgan fingerprint density at radius 3 is 2.79 bits per heavy atom. The Kier molecular flexibility index (Phi) is 3.00. The number of anilines is 1. The number of nitrogens with zero attached hydrogens (tertiary/aromatic N) is 1. The number of nitrogens with two attached hydrogens (primary N) is 1. The standard InChI is InChI=1S/C10H15ClN2S/c1-13(8-4-2-3-7(8)12)10-6-5-9(11)14-10/h5-8H,2-4,12H2,1H3. The summed E-state index contributed by atoms with van der Waals surface area (Å²) in [6.45, 7) is 0. The second kappa shape index (κ2) is 4.09. The van der Waals surface area contributed by atoms with Gasteiger partial charge in [0.2, 0.25) is 0 Å². The van der Waals surface area contributed by atoms with Crippen LogP contribution < -0.4 is 10.6 Å². The van der Waals surface area contributed by atoms with E-state index in [1.807, 2.05) is 6.07 Å². The molecule has 1 aromatic heterocycles. The lowest BCUT2D eigenvalue weighted by atomic mass is 10.1. The lowest BCUT2D eigenvalue weighted by Crippen LogP contribution is -2.41. The first kappa shape index (κ1) is 10.3. The fourth-order valence-electron chi connectivity index (χ4n) is 2.11. The predicted molar refractivity (Wildman–Crippen MR) is 63.3 cm³/mol. The molecule has 1 fully saturated rings. The first-order chi connectivity index (χ1) is 6.68. The molecule has 2 N–H and O–H groups in total. The van der Waals surface area contributed by atoms with Crippen LogP contribution in [0.2, 0.25) is 4.34 Å². The van der Waals surface area contributed by atoms with Crippen molar-refractivity contribution in [3.05, 3.63) is 16.5 Å². The molecule has 1 aromatic rings. The highest BCUT2D eigenvalue weighted by Gasteiger charge is 2.28. The van der Waals surface area contributed by atoms with Gasteiger partial charge in [-0.3, -0.25) is 0 Å². The summed E-state index contributed by atoms with van der Waals surface area (Å²) in [5, 5.41) is 1.22. The molecule has 1 saturated carbocycles. The molecule has 0 aromatic carbocycles. The van der Waals surface area contributed by atoms with E-state index in [4.69, 9.17) is 17.3 Å². The average molecular weight is 231 g/mol. The van der Waals surface area contributed by atoms with E-state index < -0.39 is 0 Å². The van der Waals surface area contributed by atoms with Crippen LogP contribution in [0.1, 0.15) is 19.3 Å². The predicted octanol–water partition coefficient (Wildman–Crippen LogP) is 2.72. The quantitative estimate of drug-likeness (QED) is 0.847. The molecule has 0 aliphatic heterocycles. The van der Waals surface area contributed by atoms with Gasteiger partial charge in [0.05, 0.1) is 9.34 Å². The van der Waals surface area contributed by atoms with Crippen molar-refractivity contribution in [2.75, 3.05) is 11.9 Å². The largest absolute Gasteiger partial charge is 0.362 e. The third-order valence-corrected chi connectivity index (χ3v) is 4.26. The molecule has 1 aliphatic carbocycles. The van der Waals surface area contributed by atoms with E-state index in [1.165, 1.54) is 17.8 Å². The van der Waals surface area contributed by atoms with Crippen LogP contribution in [0.25, 0.3) is 0 Å². The number of halogens is 1. The fourth-order valence-corrected chi connectivity index (χ4v) is 3.16. The van der Waals surface area contributed by atoms with Crippen molar-refractivity contribution in [3.8, 4) is 0 Å². The average Bonchev–Trinajstić information content (AvgIpc) is 2.73.